The van der Waals surface area contributed by atoms with E-state index in [-0.39, 0.29) is 16.8 Å². The molecule has 3 nitrogen and oxygen atoms in total. The van der Waals surface area contributed by atoms with Crippen molar-refractivity contribution in [3.63, 3.8) is 0 Å². The van der Waals surface area contributed by atoms with Crippen molar-refractivity contribution in [1.29, 1.82) is 0 Å². The fourth-order valence-electron chi connectivity index (χ4n) is 3.62. The van der Waals surface area contributed by atoms with Gasteiger partial charge in [-0.3, -0.25) is 4.79 Å². The number of amides is 1. The number of fused-ring (bicyclic) bond motifs is 2. The molecule has 2 bridgehead atoms. The van der Waals surface area contributed by atoms with Gasteiger partial charge in [0.2, 0.25) is 0 Å². The Bertz CT molecular complexity index is 821. The lowest BCUT2D eigenvalue weighted by molar-refractivity contribution is -0.139. The van der Waals surface area contributed by atoms with E-state index in [1.807, 2.05) is 0 Å². The summed E-state index contributed by atoms with van der Waals surface area (Å²) in [6.07, 6.45) is -1.21. The molecule has 3 heterocycles. The highest BCUT2D eigenvalue weighted by molar-refractivity contribution is 8.01. The standard InChI is InChI=1S/C18H17F3N2OS2/c19-18(20,21)11-3-1-2-4-14(11)25-16-8-7-15(26-16)17(24)23-13-9-10-5-6-12(13)22-10/h1-4,7-8,10,12-13,22H,5-6,9H2,(H,23,24)/t10-,12+,13-/m1/s1. The second-order valence-electron chi connectivity index (χ2n) is 6.58. The molecule has 2 fully saturated rings. The van der Waals surface area contributed by atoms with E-state index < -0.39 is 11.7 Å². The van der Waals surface area contributed by atoms with Crippen molar-refractivity contribution >= 4 is 29.0 Å². The number of carbonyl (C=O) groups is 1. The molecule has 8 heteroatoms. The summed E-state index contributed by atoms with van der Waals surface area (Å²) < 4.78 is 40.0. The van der Waals surface area contributed by atoms with Crippen molar-refractivity contribution in [2.75, 3.05) is 0 Å². The molecule has 138 valence electrons. The quantitative estimate of drug-likeness (QED) is 0.795. The average Bonchev–Trinajstić information content (AvgIpc) is 3.31. The minimum absolute atomic E-state index is 0.144. The van der Waals surface area contributed by atoms with Gasteiger partial charge in [-0.05, 0) is 43.5 Å². The summed E-state index contributed by atoms with van der Waals surface area (Å²) in [6, 6.07) is 9.86. The van der Waals surface area contributed by atoms with Gasteiger partial charge in [0, 0.05) is 23.0 Å². The first-order valence-corrected chi connectivity index (χ1v) is 10.0. The topological polar surface area (TPSA) is 41.1 Å². The first-order valence-electron chi connectivity index (χ1n) is 8.41. The summed E-state index contributed by atoms with van der Waals surface area (Å²) >= 11 is 2.26. The number of nitrogens with one attached hydrogen (secondary N) is 2. The molecule has 4 rings (SSSR count). The van der Waals surface area contributed by atoms with Gasteiger partial charge in [0.15, 0.2) is 0 Å². The maximum Gasteiger partial charge on any atom is 0.417 e. The second-order valence-corrected chi connectivity index (χ2v) is 9.00. The maximum absolute atomic E-state index is 13.1. The number of alkyl halides is 3. The predicted molar refractivity (Wildman–Crippen MR) is 95.7 cm³/mol. The molecule has 2 aliphatic heterocycles. The molecule has 0 aliphatic carbocycles. The Labute approximate surface area is 157 Å². The van der Waals surface area contributed by atoms with Crippen LogP contribution in [0, 0.1) is 0 Å². The Kier molecular flexibility index (Phi) is 4.75. The molecule has 1 amide bonds. The van der Waals surface area contributed by atoms with Crippen molar-refractivity contribution in [2.45, 2.75) is 52.7 Å². The molecule has 1 aromatic heterocycles. The SMILES string of the molecule is O=C(N[C@@H]1C[C@H]2CC[C@@H]1N2)c1ccc(Sc2ccccc2C(F)(F)F)s1. The van der Waals surface area contributed by atoms with E-state index >= 15 is 0 Å². The fourth-order valence-corrected chi connectivity index (χ4v) is 5.76. The van der Waals surface area contributed by atoms with E-state index in [4.69, 9.17) is 0 Å². The largest absolute Gasteiger partial charge is 0.417 e. The third-order valence-corrected chi connectivity index (χ3v) is 7.12. The van der Waals surface area contributed by atoms with Crippen LogP contribution in [0.1, 0.15) is 34.5 Å². The number of hydrogen-bond acceptors (Lipinski definition) is 4. The van der Waals surface area contributed by atoms with E-state index in [1.54, 1.807) is 18.2 Å². The zero-order valence-corrected chi connectivity index (χ0v) is 15.3. The number of thiophene rings is 1. The van der Waals surface area contributed by atoms with Crippen LogP contribution in [0.3, 0.4) is 0 Å². The predicted octanol–water partition coefficient (Wildman–Crippen LogP) is 4.54. The Morgan fingerprint density at radius 2 is 2.00 bits per heavy atom. The molecular weight excluding hydrogens is 381 g/mol. The molecule has 2 aliphatic rings. The zero-order chi connectivity index (χ0) is 18.3. The number of halogens is 3. The summed E-state index contributed by atoms with van der Waals surface area (Å²) in [4.78, 5) is 13.1. The Hall–Kier alpha value is -1.51. The minimum atomic E-state index is -4.39. The first kappa shape index (κ1) is 17.9. The first-order chi connectivity index (χ1) is 12.4. The highest BCUT2D eigenvalue weighted by atomic mass is 32.2. The number of benzene rings is 1. The Morgan fingerprint density at radius 3 is 2.69 bits per heavy atom. The van der Waals surface area contributed by atoms with Gasteiger partial charge >= 0.3 is 6.18 Å². The van der Waals surface area contributed by atoms with Crippen molar-refractivity contribution in [2.24, 2.45) is 0 Å². The highest BCUT2D eigenvalue weighted by Crippen LogP contribution is 2.41. The zero-order valence-electron chi connectivity index (χ0n) is 13.7. The minimum Gasteiger partial charge on any atom is -0.347 e. The third kappa shape index (κ3) is 3.63. The maximum atomic E-state index is 13.1. The lowest BCUT2D eigenvalue weighted by Crippen LogP contribution is -2.42. The number of rotatable bonds is 4. The molecule has 26 heavy (non-hydrogen) atoms. The van der Waals surface area contributed by atoms with Crippen LogP contribution in [0.15, 0.2) is 45.5 Å². The third-order valence-electron chi connectivity index (χ3n) is 4.82. The van der Waals surface area contributed by atoms with Crippen molar-refractivity contribution in [3.8, 4) is 0 Å². The summed E-state index contributed by atoms with van der Waals surface area (Å²) in [5, 5.41) is 6.53. The Morgan fingerprint density at radius 1 is 1.19 bits per heavy atom. The molecule has 0 unspecified atom stereocenters. The van der Waals surface area contributed by atoms with E-state index in [2.05, 4.69) is 10.6 Å². The van der Waals surface area contributed by atoms with Crippen molar-refractivity contribution in [3.05, 3.63) is 46.8 Å². The van der Waals surface area contributed by atoms with Crippen LogP contribution in [-0.2, 0) is 6.18 Å². The van der Waals surface area contributed by atoms with Crippen LogP contribution in [0.2, 0.25) is 0 Å². The van der Waals surface area contributed by atoms with Gasteiger partial charge in [-0.25, -0.2) is 0 Å². The van der Waals surface area contributed by atoms with E-state index in [1.165, 1.54) is 23.5 Å². The van der Waals surface area contributed by atoms with Gasteiger partial charge in [-0.1, -0.05) is 23.9 Å². The van der Waals surface area contributed by atoms with E-state index in [9.17, 15) is 18.0 Å². The average molecular weight is 398 g/mol. The lowest BCUT2D eigenvalue weighted by atomic mass is 9.95. The molecular formula is C18H17F3N2OS2. The van der Waals surface area contributed by atoms with E-state index in [0.29, 0.717) is 21.2 Å². The Balaban J connectivity index is 1.44. The van der Waals surface area contributed by atoms with Gasteiger partial charge in [0.05, 0.1) is 14.6 Å². The van der Waals surface area contributed by atoms with Gasteiger partial charge in [0.1, 0.15) is 0 Å². The molecule has 0 radical (unpaired) electrons. The van der Waals surface area contributed by atoms with Gasteiger partial charge in [0.25, 0.3) is 5.91 Å². The van der Waals surface area contributed by atoms with Crippen LogP contribution < -0.4 is 10.6 Å². The highest BCUT2D eigenvalue weighted by Gasteiger charge is 2.39. The van der Waals surface area contributed by atoms with Crippen molar-refractivity contribution < 1.29 is 18.0 Å². The van der Waals surface area contributed by atoms with Gasteiger partial charge in [-0.2, -0.15) is 13.2 Å². The second kappa shape index (κ2) is 6.90. The van der Waals surface area contributed by atoms with Crippen LogP contribution in [0.4, 0.5) is 13.2 Å². The van der Waals surface area contributed by atoms with Crippen LogP contribution in [-0.4, -0.2) is 24.0 Å². The summed E-state index contributed by atoms with van der Waals surface area (Å²) in [5.74, 6) is -0.148. The van der Waals surface area contributed by atoms with Crippen LogP contribution >= 0.6 is 23.1 Å². The van der Waals surface area contributed by atoms with Crippen molar-refractivity contribution in [1.82, 2.24) is 10.6 Å². The number of carbonyl (C=O) groups excluding carboxylic acids is 1. The molecule has 2 N–H and O–H groups in total. The van der Waals surface area contributed by atoms with Crippen LogP contribution in [0.5, 0.6) is 0 Å². The van der Waals surface area contributed by atoms with Crippen LogP contribution in [0.25, 0.3) is 0 Å². The molecule has 2 saturated heterocycles. The summed E-state index contributed by atoms with van der Waals surface area (Å²) in [7, 11) is 0. The lowest BCUT2D eigenvalue weighted by Gasteiger charge is -2.20. The summed E-state index contributed by atoms with van der Waals surface area (Å²) in [6.45, 7) is 0. The molecule has 3 atom stereocenters. The molecule has 0 saturated carbocycles. The monoisotopic (exact) mass is 398 g/mol. The molecule has 0 spiro atoms. The smallest absolute Gasteiger partial charge is 0.347 e. The van der Waals surface area contributed by atoms with Gasteiger partial charge in [-0.15, -0.1) is 11.3 Å². The number of hydrogen-bond donors (Lipinski definition) is 2. The van der Waals surface area contributed by atoms with E-state index in [0.717, 1.165) is 37.1 Å². The van der Waals surface area contributed by atoms with Gasteiger partial charge < -0.3 is 10.6 Å². The molecule has 2 aromatic rings. The fraction of sp³-hybridized carbons (Fsp3) is 0.389. The summed E-state index contributed by atoms with van der Waals surface area (Å²) in [5.41, 5.74) is -0.655. The molecule has 1 aromatic carbocycles. The normalized spacial score (nSPS) is 24.8.